The first-order valence-corrected chi connectivity index (χ1v) is 8.03. The SMILES string of the molecule is COc1ncc(-c2cc3c(N4CC(O)C(F)(F)C4)nccn3n2)c(OC)n1. The molecule has 1 unspecified atom stereocenters. The van der Waals surface area contributed by atoms with Gasteiger partial charge in [0.1, 0.15) is 17.3 Å². The number of β-amino-alcohol motifs (C(OH)–C–C–N with tert-alkyl or cyclic N) is 1. The third-order valence-electron chi connectivity index (χ3n) is 4.34. The van der Waals surface area contributed by atoms with Gasteiger partial charge in [-0.3, -0.25) is 0 Å². The highest BCUT2D eigenvalue weighted by Crippen LogP contribution is 2.34. The number of alkyl halides is 2. The summed E-state index contributed by atoms with van der Waals surface area (Å²) in [5, 5.41) is 14.0. The van der Waals surface area contributed by atoms with Gasteiger partial charge in [0.2, 0.25) is 5.88 Å². The number of hydrogen-bond acceptors (Lipinski definition) is 8. The zero-order valence-corrected chi connectivity index (χ0v) is 14.5. The minimum absolute atomic E-state index is 0.148. The second kappa shape index (κ2) is 6.27. The Hall–Kier alpha value is -3.08. The zero-order valence-electron chi connectivity index (χ0n) is 14.5. The van der Waals surface area contributed by atoms with E-state index in [0.29, 0.717) is 22.6 Å². The fraction of sp³-hybridized carbons (Fsp3) is 0.375. The molecule has 27 heavy (non-hydrogen) atoms. The van der Waals surface area contributed by atoms with E-state index in [4.69, 9.17) is 9.47 Å². The molecule has 9 nitrogen and oxygen atoms in total. The number of methoxy groups -OCH3 is 2. The number of rotatable bonds is 4. The van der Waals surface area contributed by atoms with Gasteiger partial charge in [0, 0.05) is 18.6 Å². The molecule has 0 radical (unpaired) electrons. The minimum atomic E-state index is -3.19. The zero-order chi connectivity index (χ0) is 19.2. The molecule has 0 amide bonds. The van der Waals surface area contributed by atoms with E-state index in [1.54, 1.807) is 12.3 Å². The fourth-order valence-electron chi connectivity index (χ4n) is 2.99. The van der Waals surface area contributed by atoms with Gasteiger partial charge in [-0.2, -0.15) is 10.1 Å². The van der Waals surface area contributed by atoms with E-state index in [0.717, 1.165) is 0 Å². The lowest BCUT2D eigenvalue weighted by Crippen LogP contribution is -2.31. The maximum Gasteiger partial charge on any atom is 0.319 e. The summed E-state index contributed by atoms with van der Waals surface area (Å²) < 4.78 is 39.2. The molecule has 0 aromatic carbocycles. The third-order valence-corrected chi connectivity index (χ3v) is 4.34. The van der Waals surface area contributed by atoms with Gasteiger partial charge in [-0.05, 0) is 6.07 Å². The number of aliphatic hydroxyl groups is 1. The second-order valence-corrected chi connectivity index (χ2v) is 6.05. The van der Waals surface area contributed by atoms with Crippen LogP contribution >= 0.6 is 0 Å². The van der Waals surface area contributed by atoms with Gasteiger partial charge in [-0.1, -0.05) is 0 Å². The van der Waals surface area contributed by atoms with Crippen LogP contribution in [0.15, 0.2) is 24.7 Å². The molecule has 1 atom stereocenters. The average molecular weight is 378 g/mol. The van der Waals surface area contributed by atoms with Crippen molar-refractivity contribution in [2.75, 3.05) is 32.2 Å². The molecule has 4 rings (SSSR count). The lowest BCUT2D eigenvalue weighted by atomic mass is 10.2. The Balaban J connectivity index is 1.78. The van der Waals surface area contributed by atoms with E-state index in [1.165, 1.54) is 36.0 Å². The van der Waals surface area contributed by atoms with Gasteiger partial charge in [0.15, 0.2) is 5.82 Å². The smallest absolute Gasteiger partial charge is 0.319 e. The van der Waals surface area contributed by atoms with Crippen LogP contribution in [0.3, 0.4) is 0 Å². The highest BCUT2D eigenvalue weighted by Gasteiger charge is 2.48. The van der Waals surface area contributed by atoms with Crippen LogP contribution in [-0.4, -0.2) is 69.0 Å². The van der Waals surface area contributed by atoms with E-state index in [-0.39, 0.29) is 18.4 Å². The summed E-state index contributed by atoms with van der Waals surface area (Å²) in [6.07, 6.45) is 2.83. The maximum atomic E-state index is 13.7. The minimum Gasteiger partial charge on any atom is -0.480 e. The van der Waals surface area contributed by atoms with E-state index in [2.05, 4.69) is 20.1 Å². The summed E-state index contributed by atoms with van der Waals surface area (Å²) in [5.74, 6) is -2.62. The van der Waals surface area contributed by atoms with E-state index in [1.807, 2.05) is 0 Å². The van der Waals surface area contributed by atoms with Crippen molar-refractivity contribution in [2.45, 2.75) is 12.0 Å². The number of aliphatic hydroxyl groups excluding tert-OH is 1. The molecule has 3 aromatic heterocycles. The number of anilines is 1. The van der Waals surface area contributed by atoms with Crippen molar-refractivity contribution < 1.29 is 23.4 Å². The van der Waals surface area contributed by atoms with Crippen LogP contribution < -0.4 is 14.4 Å². The predicted molar refractivity (Wildman–Crippen MR) is 90.3 cm³/mol. The Bertz CT molecular complexity index is 995. The third kappa shape index (κ3) is 2.89. The molecule has 1 N–H and O–H groups in total. The fourth-order valence-corrected chi connectivity index (χ4v) is 2.99. The summed E-state index contributed by atoms with van der Waals surface area (Å²) in [6, 6.07) is 1.83. The molecule has 0 bridgehead atoms. The number of halogens is 2. The van der Waals surface area contributed by atoms with Crippen molar-refractivity contribution in [3.05, 3.63) is 24.7 Å². The van der Waals surface area contributed by atoms with Gasteiger partial charge in [0.25, 0.3) is 5.92 Å². The molecule has 142 valence electrons. The molecule has 11 heteroatoms. The second-order valence-electron chi connectivity index (χ2n) is 6.05. The topological polar surface area (TPSA) is 97.9 Å². The van der Waals surface area contributed by atoms with Crippen molar-refractivity contribution in [3.63, 3.8) is 0 Å². The molecule has 4 heterocycles. The van der Waals surface area contributed by atoms with Crippen molar-refractivity contribution in [2.24, 2.45) is 0 Å². The quantitative estimate of drug-likeness (QED) is 0.719. The lowest BCUT2D eigenvalue weighted by Gasteiger charge is -2.16. The van der Waals surface area contributed by atoms with E-state index in [9.17, 15) is 13.9 Å². The summed E-state index contributed by atoms with van der Waals surface area (Å²) in [6.45, 7) is -0.828. The van der Waals surface area contributed by atoms with Crippen LogP contribution in [0.1, 0.15) is 0 Å². The van der Waals surface area contributed by atoms with E-state index < -0.39 is 18.6 Å². The summed E-state index contributed by atoms with van der Waals surface area (Å²) in [4.78, 5) is 13.7. The molecule has 1 aliphatic heterocycles. The Morgan fingerprint density at radius 3 is 2.74 bits per heavy atom. The number of fused-ring (bicyclic) bond motifs is 1. The molecule has 0 saturated carbocycles. The average Bonchev–Trinajstić information content (AvgIpc) is 3.21. The van der Waals surface area contributed by atoms with Crippen LogP contribution in [0.5, 0.6) is 11.9 Å². The van der Waals surface area contributed by atoms with Gasteiger partial charge in [-0.15, -0.1) is 0 Å². The Kier molecular flexibility index (Phi) is 4.02. The van der Waals surface area contributed by atoms with E-state index >= 15 is 0 Å². The largest absolute Gasteiger partial charge is 0.480 e. The van der Waals surface area contributed by atoms with Crippen LogP contribution in [0, 0.1) is 0 Å². The molecule has 1 aliphatic rings. The highest BCUT2D eigenvalue weighted by molar-refractivity contribution is 5.77. The summed E-state index contributed by atoms with van der Waals surface area (Å²) >= 11 is 0. The lowest BCUT2D eigenvalue weighted by molar-refractivity contribution is -0.0712. The molecular formula is C16H16F2N6O3. The van der Waals surface area contributed by atoms with Gasteiger partial charge in [-0.25, -0.2) is 23.3 Å². The van der Waals surface area contributed by atoms with Gasteiger partial charge >= 0.3 is 6.01 Å². The first kappa shape index (κ1) is 17.3. The Labute approximate surface area is 152 Å². The number of nitrogens with zero attached hydrogens (tertiary/aromatic N) is 6. The molecular weight excluding hydrogens is 362 g/mol. The van der Waals surface area contributed by atoms with Crippen molar-refractivity contribution in [1.29, 1.82) is 0 Å². The summed E-state index contributed by atoms with van der Waals surface area (Å²) in [5.41, 5.74) is 1.50. The van der Waals surface area contributed by atoms with Gasteiger partial charge < -0.3 is 19.5 Å². The Morgan fingerprint density at radius 2 is 2.07 bits per heavy atom. The van der Waals surface area contributed by atoms with Crippen molar-refractivity contribution in [3.8, 4) is 23.1 Å². The van der Waals surface area contributed by atoms with Crippen LogP contribution in [0.2, 0.25) is 0 Å². The molecule has 3 aromatic rings. The molecule has 0 spiro atoms. The van der Waals surface area contributed by atoms with Gasteiger partial charge in [0.05, 0.1) is 32.9 Å². The Morgan fingerprint density at radius 1 is 1.26 bits per heavy atom. The molecule has 1 saturated heterocycles. The predicted octanol–water partition coefficient (Wildman–Crippen LogP) is 1.02. The monoisotopic (exact) mass is 378 g/mol. The van der Waals surface area contributed by atoms with Crippen LogP contribution in [0.25, 0.3) is 16.8 Å². The number of hydrogen-bond donors (Lipinski definition) is 1. The van der Waals surface area contributed by atoms with Crippen LogP contribution in [-0.2, 0) is 0 Å². The number of aromatic nitrogens is 5. The maximum absolute atomic E-state index is 13.7. The standard InChI is InChI=1S/C16H16F2N6O3/c1-26-14-9(6-20-15(21-14)27-2)10-5-11-13(19-3-4-24(11)22-10)23-7-12(25)16(17,18)8-23/h3-6,12,25H,7-8H2,1-2H3. The molecule has 0 aliphatic carbocycles. The van der Waals surface area contributed by atoms with Crippen LogP contribution in [0.4, 0.5) is 14.6 Å². The van der Waals surface area contributed by atoms with Crippen molar-refractivity contribution in [1.82, 2.24) is 24.6 Å². The normalized spacial score (nSPS) is 18.9. The first-order chi connectivity index (χ1) is 12.9. The first-order valence-electron chi connectivity index (χ1n) is 8.03. The molecule has 1 fully saturated rings. The summed E-state index contributed by atoms with van der Waals surface area (Å²) in [7, 11) is 2.90. The number of ether oxygens (including phenoxy) is 2. The highest BCUT2D eigenvalue weighted by atomic mass is 19.3. The van der Waals surface area contributed by atoms with Crippen molar-refractivity contribution >= 4 is 11.3 Å².